The van der Waals surface area contributed by atoms with Crippen molar-refractivity contribution in [3.63, 3.8) is 0 Å². The molecule has 0 aliphatic carbocycles. The first-order valence-corrected chi connectivity index (χ1v) is 7.73. The number of nitrogen functional groups attached to an aromatic ring is 1. The Hall–Kier alpha value is -0.930. The zero-order chi connectivity index (χ0) is 12.5. The zero-order valence-electron chi connectivity index (χ0n) is 9.00. The molecule has 0 fully saturated rings. The Morgan fingerprint density at radius 1 is 1.33 bits per heavy atom. The van der Waals surface area contributed by atoms with Crippen LogP contribution < -0.4 is 5.73 Å². The van der Waals surface area contributed by atoms with Gasteiger partial charge in [-0.1, -0.05) is 0 Å². The molecule has 0 unspecified atom stereocenters. The van der Waals surface area contributed by atoms with Crippen LogP contribution in [0.15, 0.2) is 40.1 Å². The highest BCUT2D eigenvalue weighted by atomic mass is 127. The number of anilines is 1. The third-order valence-corrected chi connectivity index (χ3v) is 5.46. The molecule has 18 heavy (non-hydrogen) atoms. The summed E-state index contributed by atoms with van der Waals surface area (Å²) < 4.78 is 3.09. The van der Waals surface area contributed by atoms with E-state index in [9.17, 15) is 0 Å². The molecule has 2 aromatic heterocycles. The van der Waals surface area contributed by atoms with Gasteiger partial charge in [-0.15, -0.1) is 11.3 Å². The molecule has 0 spiro atoms. The van der Waals surface area contributed by atoms with Crippen molar-refractivity contribution in [3.05, 3.63) is 34.3 Å². The van der Waals surface area contributed by atoms with Gasteiger partial charge in [-0.05, 0) is 52.6 Å². The first-order chi connectivity index (χ1) is 8.72. The van der Waals surface area contributed by atoms with Crippen LogP contribution in [0.25, 0.3) is 10.2 Å². The highest BCUT2D eigenvalue weighted by Gasteiger charge is 2.09. The van der Waals surface area contributed by atoms with Gasteiger partial charge in [0, 0.05) is 11.9 Å². The van der Waals surface area contributed by atoms with Crippen LogP contribution in [0.2, 0.25) is 0 Å². The molecule has 0 saturated carbocycles. The summed E-state index contributed by atoms with van der Waals surface area (Å²) in [5.74, 6) is 0. The van der Waals surface area contributed by atoms with Crippen LogP contribution in [-0.2, 0) is 0 Å². The molecule has 0 amide bonds. The molecule has 2 heterocycles. The Balaban J connectivity index is 1.98. The Morgan fingerprint density at radius 3 is 3.06 bits per heavy atom. The maximum Gasteiger partial charge on any atom is 0.157 e. The SMILES string of the molecule is Nc1ccc2nc(Sc3ncncc3I)sc2c1. The van der Waals surface area contributed by atoms with Crippen LogP contribution in [-0.4, -0.2) is 15.0 Å². The summed E-state index contributed by atoms with van der Waals surface area (Å²) >= 11 is 5.40. The highest BCUT2D eigenvalue weighted by Crippen LogP contribution is 2.35. The van der Waals surface area contributed by atoms with Crippen LogP contribution in [0.4, 0.5) is 5.69 Å². The fourth-order valence-corrected chi connectivity index (χ4v) is 4.03. The van der Waals surface area contributed by atoms with Crippen LogP contribution in [0.5, 0.6) is 0 Å². The van der Waals surface area contributed by atoms with Gasteiger partial charge < -0.3 is 5.73 Å². The minimum atomic E-state index is 0.763. The molecule has 3 aromatic rings. The number of nitrogens with two attached hydrogens (primary N) is 1. The predicted molar refractivity (Wildman–Crippen MR) is 82.9 cm³/mol. The van der Waals surface area contributed by atoms with Crippen LogP contribution in [0.1, 0.15) is 0 Å². The van der Waals surface area contributed by atoms with Gasteiger partial charge in [-0.3, -0.25) is 0 Å². The van der Waals surface area contributed by atoms with Gasteiger partial charge in [-0.25, -0.2) is 15.0 Å². The van der Waals surface area contributed by atoms with E-state index in [0.29, 0.717) is 0 Å². The quantitative estimate of drug-likeness (QED) is 0.415. The van der Waals surface area contributed by atoms with Gasteiger partial charge in [0.25, 0.3) is 0 Å². The maximum absolute atomic E-state index is 5.76. The number of hydrogen-bond donors (Lipinski definition) is 1. The van der Waals surface area contributed by atoms with E-state index in [-0.39, 0.29) is 0 Å². The lowest BCUT2D eigenvalue weighted by Gasteiger charge is -1.97. The van der Waals surface area contributed by atoms with Crippen LogP contribution in [0.3, 0.4) is 0 Å². The fourth-order valence-electron chi connectivity index (χ4n) is 1.42. The number of nitrogens with zero attached hydrogens (tertiary/aromatic N) is 3. The summed E-state index contributed by atoms with van der Waals surface area (Å²) in [6.07, 6.45) is 3.34. The van der Waals surface area contributed by atoms with Crippen molar-refractivity contribution in [3.8, 4) is 0 Å². The Labute approximate surface area is 125 Å². The lowest BCUT2D eigenvalue weighted by molar-refractivity contribution is 1.02. The van der Waals surface area contributed by atoms with Crippen LogP contribution in [0, 0.1) is 3.57 Å². The first-order valence-electron chi connectivity index (χ1n) is 5.02. The summed E-state index contributed by atoms with van der Waals surface area (Å²) in [6.45, 7) is 0. The lowest BCUT2D eigenvalue weighted by Crippen LogP contribution is -1.85. The number of halogens is 1. The Bertz CT molecular complexity index is 713. The molecular weight excluding hydrogens is 379 g/mol. The summed E-state index contributed by atoms with van der Waals surface area (Å²) in [5, 5.41) is 0.928. The highest BCUT2D eigenvalue weighted by molar-refractivity contribution is 14.1. The summed E-state index contributed by atoms with van der Waals surface area (Å²) in [4.78, 5) is 12.8. The summed E-state index contributed by atoms with van der Waals surface area (Å²) in [5.41, 5.74) is 7.50. The second-order valence-corrected chi connectivity index (χ2v) is 6.91. The monoisotopic (exact) mass is 386 g/mol. The number of aromatic nitrogens is 3. The Kier molecular flexibility index (Phi) is 3.35. The minimum absolute atomic E-state index is 0.763. The van der Waals surface area contributed by atoms with Crippen molar-refractivity contribution in [2.24, 2.45) is 0 Å². The van der Waals surface area contributed by atoms with E-state index in [0.717, 1.165) is 28.8 Å². The van der Waals surface area contributed by atoms with Crippen molar-refractivity contribution in [2.75, 3.05) is 5.73 Å². The van der Waals surface area contributed by atoms with Crippen molar-refractivity contribution < 1.29 is 0 Å². The summed E-state index contributed by atoms with van der Waals surface area (Å²) in [6, 6.07) is 5.75. The van der Waals surface area contributed by atoms with Crippen molar-refractivity contribution >= 4 is 61.6 Å². The second-order valence-electron chi connectivity index (χ2n) is 3.48. The first kappa shape index (κ1) is 12.1. The van der Waals surface area contributed by atoms with Crippen molar-refractivity contribution in [1.29, 1.82) is 0 Å². The molecule has 2 N–H and O–H groups in total. The lowest BCUT2D eigenvalue weighted by atomic mass is 10.3. The molecule has 0 saturated heterocycles. The predicted octanol–water partition coefficient (Wildman–Crippen LogP) is 3.42. The summed E-state index contributed by atoms with van der Waals surface area (Å²) in [7, 11) is 0. The molecule has 0 aliphatic rings. The van der Waals surface area contributed by atoms with Gasteiger partial charge in [0.2, 0.25) is 0 Å². The molecular formula is C11H7IN4S2. The number of benzene rings is 1. The fraction of sp³-hybridized carbons (Fsp3) is 0. The molecule has 0 bridgehead atoms. The maximum atomic E-state index is 5.76. The van der Waals surface area contributed by atoms with Crippen LogP contribution >= 0.6 is 45.7 Å². The molecule has 0 atom stereocenters. The molecule has 0 radical (unpaired) electrons. The van der Waals surface area contributed by atoms with E-state index < -0.39 is 0 Å². The van der Waals surface area contributed by atoms with Gasteiger partial charge >= 0.3 is 0 Å². The van der Waals surface area contributed by atoms with E-state index in [2.05, 4.69) is 37.5 Å². The second kappa shape index (κ2) is 4.98. The number of thiazole rings is 1. The van der Waals surface area contributed by atoms with E-state index in [1.807, 2.05) is 18.2 Å². The van der Waals surface area contributed by atoms with Gasteiger partial charge in [0.1, 0.15) is 11.4 Å². The number of fused-ring (bicyclic) bond motifs is 1. The largest absolute Gasteiger partial charge is 0.399 e. The van der Waals surface area contributed by atoms with E-state index in [1.165, 1.54) is 0 Å². The normalized spacial score (nSPS) is 10.9. The molecule has 7 heteroatoms. The zero-order valence-corrected chi connectivity index (χ0v) is 12.8. The van der Waals surface area contributed by atoms with Crippen molar-refractivity contribution in [2.45, 2.75) is 9.37 Å². The number of rotatable bonds is 2. The average molecular weight is 386 g/mol. The average Bonchev–Trinajstić information content (AvgIpc) is 2.73. The third kappa shape index (κ3) is 2.43. The molecule has 4 nitrogen and oxygen atoms in total. The molecule has 3 rings (SSSR count). The number of hydrogen-bond acceptors (Lipinski definition) is 6. The standard InChI is InChI=1S/C11H7IN4S2/c12-7-4-14-5-15-10(7)18-11-16-8-2-1-6(13)3-9(8)17-11/h1-5H,13H2. The van der Waals surface area contributed by atoms with Gasteiger partial charge in [0.15, 0.2) is 4.34 Å². The van der Waals surface area contributed by atoms with Crippen molar-refractivity contribution in [1.82, 2.24) is 15.0 Å². The topological polar surface area (TPSA) is 64.7 Å². The van der Waals surface area contributed by atoms with E-state index in [4.69, 9.17) is 5.73 Å². The molecule has 1 aromatic carbocycles. The Morgan fingerprint density at radius 2 is 2.22 bits per heavy atom. The van der Waals surface area contributed by atoms with E-state index >= 15 is 0 Å². The van der Waals surface area contributed by atoms with Gasteiger partial charge in [0.05, 0.1) is 13.8 Å². The van der Waals surface area contributed by atoms with E-state index in [1.54, 1.807) is 35.6 Å². The third-order valence-electron chi connectivity index (χ3n) is 2.21. The molecule has 0 aliphatic heterocycles. The minimum Gasteiger partial charge on any atom is -0.399 e. The molecule has 90 valence electrons. The smallest absolute Gasteiger partial charge is 0.157 e. The van der Waals surface area contributed by atoms with Gasteiger partial charge in [-0.2, -0.15) is 0 Å².